The van der Waals surface area contributed by atoms with E-state index in [2.05, 4.69) is 15.6 Å². The number of esters is 1. The lowest BCUT2D eigenvalue weighted by Crippen LogP contribution is -2.57. The number of hydrogen-bond donors (Lipinski definition) is 3. The molecule has 0 saturated carbocycles. The molecule has 1 aliphatic heterocycles. The van der Waals surface area contributed by atoms with Crippen molar-refractivity contribution in [2.24, 2.45) is 11.8 Å². The van der Waals surface area contributed by atoms with Crippen molar-refractivity contribution in [1.82, 2.24) is 25.4 Å². The summed E-state index contributed by atoms with van der Waals surface area (Å²) < 4.78 is 5.42. The highest BCUT2D eigenvalue weighted by Crippen LogP contribution is 2.18. The number of ether oxygens (including phenoxy) is 1. The van der Waals surface area contributed by atoms with E-state index in [0.717, 1.165) is 25.8 Å². The highest BCUT2D eigenvalue weighted by atomic mass is 32.1. The number of nitrogens with one attached hydrogen (secondary N) is 2. The van der Waals surface area contributed by atoms with E-state index in [1.54, 1.807) is 12.3 Å². The van der Waals surface area contributed by atoms with Crippen LogP contribution in [0.3, 0.4) is 0 Å². The molecule has 242 valence electrons. The molecule has 1 aromatic heterocycles. The first-order valence-electron chi connectivity index (χ1n) is 15.4. The minimum absolute atomic E-state index is 0.127. The maximum atomic E-state index is 13.8. The Morgan fingerprint density at radius 1 is 1.21 bits per heavy atom. The van der Waals surface area contributed by atoms with E-state index in [-0.39, 0.29) is 67.6 Å². The molecular weight excluding hydrogens is 574 g/mol. The van der Waals surface area contributed by atoms with Crippen LogP contribution in [0.25, 0.3) is 0 Å². The van der Waals surface area contributed by atoms with Crippen molar-refractivity contribution in [3.8, 4) is 0 Å². The summed E-state index contributed by atoms with van der Waals surface area (Å²) in [7, 11) is 1.93. The summed E-state index contributed by atoms with van der Waals surface area (Å²) in [5, 5.41) is 17.1. The first-order valence-corrected chi connectivity index (χ1v) is 16.3. The molecule has 0 aliphatic carbocycles. The molecule has 13 heteroatoms. The van der Waals surface area contributed by atoms with Gasteiger partial charge in [-0.1, -0.05) is 40.5 Å². The summed E-state index contributed by atoms with van der Waals surface area (Å²) in [6.07, 6.45) is 5.64. The Labute approximate surface area is 258 Å². The van der Waals surface area contributed by atoms with Gasteiger partial charge in [-0.3, -0.25) is 28.9 Å². The third-order valence-electron chi connectivity index (χ3n) is 7.88. The predicted molar refractivity (Wildman–Crippen MR) is 163 cm³/mol. The first kappa shape index (κ1) is 36.1. The van der Waals surface area contributed by atoms with Crippen LogP contribution < -0.4 is 10.6 Å². The van der Waals surface area contributed by atoms with E-state index >= 15 is 0 Å². The van der Waals surface area contributed by atoms with Gasteiger partial charge in [-0.05, 0) is 51.6 Å². The summed E-state index contributed by atoms with van der Waals surface area (Å²) >= 11 is 1.33. The Kier molecular flexibility index (Phi) is 15.6. The molecule has 3 amide bonds. The highest BCUT2D eigenvalue weighted by Gasteiger charge is 2.34. The minimum atomic E-state index is -0.910. The summed E-state index contributed by atoms with van der Waals surface area (Å²) in [6.45, 7) is 8.50. The Hall–Kier alpha value is -3.06. The van der Waals surface area contributed by atoms with Crippen molar-refractivity contribution in [3.63, 3.8) is 0 Å². The predicted octanol–water partition coefficient (Wildman–Crippen LogP) is 3.06. The molecule has 1 aromatic rings. The van der Waals surface area contributed by atoms with Crippen LogP contribution in [0.2, 0.25) is 0 Å². The van der Waals surface area contributed by atoms with Gasteiger partial charge in [0.25, 0.3) is 5.91 Å². The molecule has 0 bridgehead atoms. The number of hydrogen-bond acceptors (Lipinski definition) is 9. The molecule has 0 unspecified atom stereocenters. The molecule has 1 saturated heterocycles. The zero-order valence-corrected chi connectivity index (χ0v) is 27.0. The van der Waals surface area contributed by atoms with Crippen LogP contribution in [0, 0.1) is 11.8 Å². The van der Waals surface area contributed by atoms with Crippen LogP contribution in [0.5, 0.6) is 0 Å². The first-order chi connectivity index (χ1) is 20.5. The Morgan fingerprint density at radius 3 is 2.60 bits per heavy atom. The molecule has 2 heterocycles. The summed E-state index contributed by atoms with van der Waals surface area (Å²) in [5.74, 6) is -2.79. The number of likely N-dealkylation sites (tertiary alicyclic amines) is 1. The maximum Gasteiger partial charge on any atom is 0.307 e. The molecule has 4 atom stereocenters. The van der Waals surface area contributed by atoms with Gasteiger partial charge in [-0.2, -0.15) is 0 Å². The van der Waals surface area contributed by atoms with Crippen LogP contribution in [0.4, 0.5) is 0 Å². The number of carboxylic acids is 1. The number of aryl methyl sites for hydroxylation is 1. The van der Waals surface area contributed by atoms with Gasteiger partial charge in [0.2, 0.25) is 11.8 Å². The quantitative estimate of drug-likeness (QED) is 0.165. The molecule has 12 nitrogen and oxygen atoms in total. The van der Waals surface area contributed by atoms with Gasteiger partial charge < -0.3 is 25.4 Å². The van der Waals surface area contributed by atoms with Crippen LogP contribution in [-0.2, 0) is 30.3 Å². The van der Waals surface area contributed by atoms with Crippen molar-refractivity contribution < 1.29 is 33.8 Å². The van der Waals surface area contributed by atoms with Crippen molar-refractivity contribution in [3.05, 3.63) is 16.1 Å². The lowest BCUT2D eigenvalue weighted by Gasteiger charge is -2.35. The monoisotopic (exact) mass is 623 g/mol. The lowest BCUT2D eigenvalue weighted by atomic mass is 9.96. The third kappa shape index (κ3) is 11.9. The van der Waals surface area contributed by atoms with E-state index in [1.165, 1.54) is 16.2 Å². The average Bonchev–Trinajstić information content (AvgIpc) is 3.46. The summed E-state index contributed by atoms with van der Waals surface area (Å²) in [5.41, 5.74) is 0.261. The second kappa shape index (κ2) is 18.6. The Morgan fingerprint density at radius 2 is 1.95 bits per heavy atom. The van der Waals surface area contributed by atoms with Gasteiger partial charge >= 0.3 is 11.9 Å². The fraction of sp³-hybridized carbons (Fsp3) is 0.733. The minimum Gasteiger partial charge on any atom is -0.481 e. The van der Waals surface area contributed by atoms with Crippen LogP contribution in [-0.4, -0.2) is 95.0 Å². The molecule has 0 radical (unpaired) electrons. The zero-order chi connectivity index (χ0) is 31.9. The smallest absolute Gasteiger partial charge is 0.307 e. The number of carbonyl (C=O) groups is 5. The molecule has 1 aliphatic rings. The zero-order valence-electron chi connectivity index (χ0n) is 26.2. The number of aromatic nitrogens is 1. The van der Waals surface area contributed by atoms with Crippen molar-refractivity contribution >= 4 is 41.0 Å². The number of thiazole rings is 1. The Balaban J connectivity index is 2.05. The fourth-order valence-electron chi connectivity index (χ4n) is 4.77. The standard InChI is InChI=1S/C30H49N5O7S/c1-6-11-25(36)42-19-35(29(39)26(20(3)7-2)33-28(38)23-12-8-9-16-34(23)5)17-10-13-24-32-22(18-43-24)27(37)31-15-14-21(4)30(40)41/h18,20-21,23,26H,6-17,19H2,1-5H3,(H,31,37)(H,33,38)(H,40,41)/t20-,21-,23+,26-/m0/s1. The van der Waals surface area contributed by atoms with Gasteiger partial charge in [-0.25, -0.2) is 4.98 Å². The van der Waals surface area contributed by atoms with Crippen LogP contribution in [0.1, 0.15) is 94.6 Å². The number of carbonyl (C=O) groups excluding carboxylic acids is 4. The normalized spacial score (nSPS) is 17.4. The van der Waals surface area contributed by atoms with Gasteiger partial charge in [0.1, 0.15) is 11.7 Å². The number of rotatable bonds is 18. The van der Waals surface area contributed by atoms with Crippen molar-refractivity contribution in [2.75, 3.05) is 33.4 Å². The average molecular weight is 624 g/mol. The SMILES string of the molecule is CCCC(=O)OCN(CCCc1nc(C(=O)NCC[C@H](C)C(=O)O)cs1)C(=O)[C@@H](NC(=O)[C@H]1CCCCN1C)[C@@H](C)CC. The number of likely N-dealkylation sites (N-methyl/N-ethyl adjacent to an activating group) is 1. The molecule has 1 fully saturated rings. The third-order valence-corrected chi connectivity index (χ3v) is 8.79. The number of amides is 3. The molecule has 3 N–H and O–H groups in total. The van der Waals surface area contributed by atoms with E-state index in [4.69, 9.17) is 9.84 Å². The van der Waals surface area contributed by atoms with E-state index < -0.39 is 17.9 Å². The van der Waals surface area contributed by atoms with Gasteiger partial charge in [0, 0.05) is 31.3 Å². The number of aliphatic carboxylic acids is 1. The summed E-state index contributed by atoms with van der Waals surface area (Å²) in [6, 6.07) is -1.03. The van der Waals surface area contributed by atoms with Crippen LogP contribution >= 0.6 is 11.3 Å². The fourth-order valence-corrected chi connectivity index (χ4v) is 5.59. The van der Waals surface area contributed by atoms with E-state index in [1.807, 2.05) is 32.7 Å². The molecule has 2 rings (SSSR count). The largest absolute Gasteiger partial charge is 0.481 e. The molecule has 0 aromatic carbocycles. The molecule has 43 heavy (non-hydrogen) atoms. The second-order valence-electron chi connectivity index (χ2n) is 11.4. The topological polar surface area (TPSA) is 158 Å². The van der Waals surface area contributed by atoms with E-state index in [9.17, 15) is 24.0 Å². The number of piperidine rings is 1. The van der Waals surface area contributed by atoms with Crippen molar-refractivity contribution in [1.29, 1.82) is 0 Å². The van der Waals surface area contributed by atoms with Gasteiger partial charge in [0.05, 0.1) is 17.0 Å². The van der Waals surface area contributed by atoms with Gasteiger partial charge in [-0.15, -0.1) is 11.3 Å². The summed E-state index contributed by atoms with van der Waals surface area (Å²) in [4.78, 5) is 70.5. The molecular formula is C30H49N5O7S. The highest BCUT2D eigenvalue weighted by molar-refractivity contribution is 7.09. The van der Waals surface area contributed by atoms with Gasteiger partial charge in [0.15, 0.2) is 6.73 Å². The maximum absolute atomic E-state index is 13.8. The van der Waals surface area contributed by atoms with Crippen LogP contribution in [0.15, 0.2) is 5.38 Å². The van der Waals surface area contributed by atoms with E-state index in [0.29, 0.717) is 37.1 Å². The second-order valence-corrected chi connectivity index (χ2v) is 12.3. The lowest BCUT2D eigenvalue weighted by molar-refractivity contribution is -0.155. The van der Waals surface area contributed by atoms with Crippen molar-refractivity contribution in [2.45, 2.75) is 97.6 Å². The Bertz CT molecular complexity index is 1080. The number of nitrogens with zero attached hydrogens (tertiary/aromatic N) is 3. The number of carboxylic acid groups (broad SMARTS) is 1. The molecule has 0 spiro atoms.